The van der Waals surface area contributed by atoms with Crippen LogP contribution in [0.25, 0.3) is 6.08 Å². The molecule has 0 atom stereocenters. The van der Waals surface area contributed by atoms with E-state index in [1.54, 1.807) is 54.6 Å². The minimum Gasteiger partial charge on any atom is -0.422 e. The van der Waals surface area contributed by atoms with Crippen LogP contribution in [0.1, 0.15) is 41.6 Å². The zero-order valence-electron chi connectivity index (χ0n) is 19.4. The number of aliphatic imine (C=N–C) groups is 1. The second-order valence-corrected chi connectivity index (χ2v) is 9.11. The number of nitrogens with zero attached hydrogens (tertiary/aromatic N) is 1. The molecule has 0 radical (unpaired) electrons. The Labute approximate surface area is 206 Å². The van der Waals surface area contributed by atoms with Gasteiger partial charge in [0.25, 0.3) is 0 Å². The maximum absolute atomic E-state index is 12.3. The normalized spacial score (nSPS) is 14.0. The number of nitrogens with one attached hydrogen (secondary N) is 1. The summed E-state index contributed by atoms with van der Waals surface area (Å²) in [5.41, 5.74) is 4.91. The number of anilines is 1. The van der Waals surface area contributed by atoms with Gasteiger partial charge in [0.1, 0.15) is 17.4 Å². The molecule has 2 heterocycles. The van der Waals surface area contributed by atoms with Crippen LogP contribution in [0, 0.1) is 0 Å². The SMILES string of the molecule is C=O.CC(C)(C)ONc1ccc(C2=N/C(=C/c3ccc(OC(=O)c4cccs4)cc3)C(=O)O2)cc1. The molecule has 4 rings (SSSR count). The van der Waals surface area contributed by atoms with Gasteiger partial charge in [0.05, 0.1) is 11.3 Å². The summed E-state index contributed by atoms with van der Waals surface area (Å²) >= 11 is 1.32. The topological polar surface area (TPSA) is 103 Å². The van der Waals surface area contributed by atoms with Crippen molar-refractivity contribution in [2.75, 3.05) is 5.48 Å². The molecule has 0 amide bonds. The van der Waals surface area contributed by atoms with Crippen LogP contribution in [0.5, 0.6) is 5.75 Å². The number of cyclic esters (lactones) is 1. The van der Waals surface area contributed by atoms with E-state index in [-0.39, 0.29) is 17.2 Å². The lowest BCUT2D eigenvalue weighted by atomic mass is 10.2. The van der Waals surface area contributed by atoms with Crippen LogP contribution in [0.4, 0.5) is 5.69 Å². The lowest BCUT2D eigenvalue weighted by molar-refractivity contribution is -0.129. The van der Waals surface area contributed by atoms with Crippen LogP contribution in [0.3, 0.4) is 0 Å². The van der Waals surface area contributed by atoms with Crippen LogP contribution in [-0.2, 0) is 19.2 Å². The van der Waals surface area contributed by atoms with Gasteiger partial charge in [-0.3, -0.25) is 10.3 Å². The second-order valence-electron chi connectivity index (χ2n) is 8.17. The molecule has 0 aliphatic carbocycles. The molecule has 8 nitrogen and oxygen atoms in total. The summed E-state index contributed by atoms with van der Waals surface area (Å²) in [7, 11) is 0. The molecule has 1 aliphatic heterocycles. The molecular formula is C26H24N2O6S. The zero-order valence-corrected chi connectivity index (χ0v) is 20.3. The molecule has 3 aromatic rings. The standard InChI is InChI=1S/C25H22N2O5S.CH2O/c1-25(2,3)32-27-18-10-8-17(9-11-18)22-26-20(23(28)31-22)15-16-6-12-19(13-7-16)30-24(29)21-5-4-14-33-21;1-2/h4-15,27H,1-3H3;1H2/b20-15+;. The van der Waals surface area contributed by atoms with Crippen molar-refractivity contribution in [1.29, 1.82) is 0 Å². The van der Waals surface area contributed by atoms with Crippen molar-refractivity contribution in [2.45, 2.75) is 26.4 Å². The van der Waals surface area contributed by atoms with Crippen molar-refractivity contribution < 1.29 is 28.7 Å². The van der Waals surface area contributed by atoms with Gasteiger partial charge in [0.2, 0.25) is 5.90 Å². The highest BCUT2D eigenvalue weighted by molar-refractivity contribution is 7.12. The fourth-order valence-electron chi connectivity index (χ4n) is 2.77. The number of hydrogen-bond acceptors (Lipinski definition) is 9. The maximum atomic E-state index is 12.3. The molecule has 1 N–H and O–H groups in total. The molecule has 0 bridgehead atoms. The fraction of sp³-hybridized carbons (Fsp3) is 0.154. The van der Waals surface area contributed by atoms with E-state index in [1.807, 2.05) is 45.1 Å². The Bertz CT molecular complexity index is 1220. The van der Waals surface area contributed by atoms with Gasteiger partial charge in [-0.2, -0.15) is 0 Å². The number of rotatable bonds is 6. The van der Waals surface area contributed by atoms with Crippen molar-refractivity contribution in [2.24, 2.45) is 4.99 Å². The Hall–Kier alpha value is -4.08. The van der Waals surface area contributed by atoms with Crippen molar-refractivity contribution in [3.63, 3.8) is 0 Å². The molecule has 1 aliphatic rings. The van der Waals surface area contributed by atoms with Crippen molar-refractivity contribution >= 4 is 47.7 Å². The van der Waals surface area contributed by atoms with E-state index in [4.69, 9.17) is 19.1 Å². The number of thiophene rings is 1. The van der Waals surface area contributed by atoms with Crippen LogP contribution < -0.4 is 10.2 Å². The lowest BCUT2D eigenvalue weighted by Gasteiger charge is -2.19. The second kappa shape index (κ2) is 11.4. The van der Waals surface area contributed by atoms with Gasteiger partial charge in [-0.1, -0.05) is 18.2 Å². The predicted molar refractivity (Wildman–Crippen MR) is 134 cm³/mol. The molecule has 9 heteroatoms. The Kier molecular flexibility index (Phi) is 8.30. The predicted octanol–water partition coefficient (Wildman–Crippen LogP) is 5.27. The first-order valence-corrected chi connectivity index (χ1v) is 11.4. The number of benzene rings is 2. The Morgan fingerprint density at radius 3 is 2.34 bits per heavy atom. The quantitative estimate of drug-likeness (QED) is 0.216. The third-order valence-electron chi connectivity index (χ3n) is 4.34. The van der Waals surface area contributed by atoms with E-state index < -0.39 is 11.9 Å². The van der Waals surface area contributed by atoms with Crippen molar-refractivity contribution in [1.82, 2.24) is 0 Å². The van der Waals surface area contributed by atoms with Gasteiger partial charge < -0.3 is 14.3 Å². The van der Waals surface area contributed by atoms with Crippen LogP contribution in [0.2, 0.25) is 0 Å². The summed E-state index contributed by atoms with van der Waals surface area (Å²) in [6, 6.07) is 17.5. The largest absolute Gasteiger partial charge is 0.422 e. The molecule has 0 saturated carbocycles. The smallest absolute Gasteiger partial charge is 0.363 e. The summed E-state index contributed by atoms with van der Waals surface area (Å²) in [5, 5.41) is 1.81. The van der Waals surface area contributed by atoms with Crippen LogP contribution in [-0.4, -0.2) is 30.2 Å². The minimum absolute atomic E-state index is 0.187. The summed E-state index contributed by atoms with van der Waals surface area (Å²) < 4.78 is 10.7. The van der Waals surface area contributed by atoms with E-state index in [9.17, 15) is 9.59 Å². The van der Waals surface area contributed by atoms with Crippen LogP contribution in [0.15, 0.2) is 76.7 Å². The molecular weight excluding hydrogens is 468 g/mol. The summed E-state index contributed by atoms with van der Waals surface area (Å²) in [6.07, 6.45) is 1.62. The Morgan fingerprint density at radius 2 is 1.74 bits per heavy atom. The van der Waals surface area contributed by atoms with Gasteiger partial charge in [0.15, 0.2) is 5.70 Å². The summed E-state index contributed by atoms with van der Waals surface area (Å²) in [5.74, 6) is -0.290. The lowest BCUT2D eigenvalue weighted by Crippen LogP contribution is -2.22. The molecule has 0 spiro atoms. The van der Waals surface area contributed by atoms with Gasteiger partial charge in [-0.05, 0) is 80.3 Å². The zero-order chi connectivity index (χ0) is 25.4. The third kappa shape index (κ3) is 7.20. The average Bonchev–Trinajstić information content (AvgIpc) is 3.51. The molecule has 0 saturated heterocycles. The number of hydrogen-bond donors (Lipinski definition) is 1. The molecule has 35 heavy (non-hydrogen) atoms. The fourth-order valence-corrected chi connectivity index (χ4v) is 3.37. The van der Waals surface area contributed by atoms with Crippen LogP contribution >= 0.6 is 11.3 Å². The van der Waals surface area contributed by atoms with Gasteiger partial charge >= 0.3 is 11.9 Å². The highest BCUT2D eigenvalue weighted by atomic mass is 32.1. The molecule has 180 valence electrons. The summed E-state index contributed by atoms with van der Waals surface area (Å²) in [6.45, 7) is 7.83. The molecule has 2 aromatic carbocycles. The summed E-state index contributed by atoms with van der Waals surface area (Å²) in [4.78, 5) is 42.7. The number of carbonyl (C=O) groups is 3. The van der Waals surface area contributed by atoms with Crippen molar-refractivity contribution in [3.05, 3.63) is 87.7 Å². The molecule has 1 aromatic heterocycles. The van der Waals surface area contributed by atoms with Crippen molar-refractivity contribution in [3.8, 4) is 5.75 Å². The van der Waals surface area contributed by atoms with E-state index in [2.05, 4.69) is 10.5 Å². The Morgan fingerprint density at radius 1 is 1.06 bits per heavy atom. The number of esters is 2. The van der Waals surface area contributed by atoms with E-state index in [0.29, 0.717) is 16.2 Å². The van der Waals surface area contributed by atoms with Gasteiger partial charge in [-0.25, -0.2) is 14.6 Å². The maximum Gasteiger partial charge on any atom is 0.363 e. The third-order valence-corrected chi connectivity index (χ3v) is 5.19. The molecule has 0 unspecified atom stereocenters. The Balaban J connectivity index is 0.00000167. The highest BCUT2D eigenvalue weighted by Gasteiger charge is 2.24. The highest BCUT2D eigenvalue weighted by Crippen LogP contribution is 2.22. The number of carbonyl (C=O) groups excluding carboxylic acids is 3. The van der Waals surface area contributed by atoms with Gasteiger partial charge in [0, 0.05) is 5.56 Å². The minimum atomic E-state index is -0.531. The van der Waals surface area contributed by atoms with E-state index in [1.165, 1.54) is 11.3 Å². The average molecular weight is 493 g/mol. The van der Waals surface area contributed by atoms with Gasteiger partial charge in [-0.15, -0.1) is 11.3 Å². The number of ether oxygens (including phenoxy) is 2. The molecule has 0 fully saturated rings. The first kappa shape index (κ1) is 25.5. The van der Waals surface area contributed by atoms with E-state index in [0.717, 1.165) is 11.3 Å². The van der Waals surface area contributed by atoms with E-state index >= 15 is 0 Å². The first-order chi connectivity index (χ1) is 16.8. The monoisotopic (exact) mass is 492 g/mol. The first-order valence-electron chi connectivity index (χ1n) is 10.5.